The van der Waals surface area contributed by atoms with E-state index in [-0.39, 0.29) is 0 Å². The van der Waals surface area contributed by atoms with Crippen LogP contribution in [0, 0.1) is 0 Å². The molecule has 0 aromatic carbocycles. The van der Waals surface area contributed by atoms with E-state index in [0.29, 0.717) is 18.2 Å². The molecule has 0 aliphatic carbocycles. The highest BCUT2D eigenvalue weighted by atomic mass is 32.2. The van der Waals surface area contributed by atoms with Crippen molar-refractivity contribution in [3.05, 3.63) is 11.4 Å². The number of nitrogens with zero attached hydrogens (tertiary/aromatic N) is 2. The second kappa shape index (κ2) is 7.29. The zero-order valence-electron chi connectivity index (χ0n) is 12.6. The molecule has 5 nitrogen and oxygen atoms in total. The van der Waals surface area contributed by atoms with E-state index >= 15 is 0 Å². The van der Waals surface area contributed by atoms with E-state index in [2.05, 4.69) is 27.5 Å². The quantitative estimate of drug-likeness (QED) is 0.693. The smallest absolute Gasteiger partial charge is 0.226 e. The second-order valence-electron chi connectivity index (χ2n) is 5.25. The normalized spacial score (nSPS) is 14.1. The number of thioether (sulfide) groups is 1. The van der Waals surface area contributed by atoms with Crippen LogP contribution in [0.2, 0.25) is 0 Å². The number of hydrogen-bond donors (Lipinski definition) is 3. The number of rotatable bonds is 8. The molecule has 3 N–H and O–H groups in total. The summed E-state index contributed by atoms with van der Waals surface area (Å²) in [6.45, 7) is 5.25. The van der Waals surface area contributed by atoms with Gasteiger partial charge in [-0.05, 0) is 31.0 Å². The van der Waals surface area contributed by atoms with Crippen LogP contribution in [0.15, 0.2) is 11.4 Å². The monoisotopic (exact) mass is 326 g/mol. The number of aromatic nitrogens is 2. The summed E-state index contributed by atoms with van der Waals surface area (Å²) in [6.07, 6.45) is 3.01. The summed E-state index contributed by atoms with van der Waals surface area (Å²) in [5.74, 6) is 2.10. The lowest BCUT2D eigenvalue weighted by atomic mass is 10.1. The Labute approximate surface area is 133 Å². The Kier molecular flexibility index (Phi) is 5.66. The van der Waals surface area contributed by atoms with Crippen LogP contribution >= 0.6 is 23.1 Å². The maximum Gasteiger partial charge on any atom is 0.226 e. The van der Waals surface area contributed by atoms with Gasteiger partial charge in [-0.3, -0.25) is 0 Å². The molecule has 0 saturated carbocycles. The number of anilines is 2. The highest BCUT2D eigenvalue weighted by Crippen LogP contribution is 2.27. The molecular formula is C14H22N4OS2. The highest BCUT2D eigenvalue weighted by molar-refractivity contribution is 7.98. The summed E-state index contributed by atoms with van der Waals surface area (Å²) in [6, 6.07) is 2.01. The molecule has 0 radical (unpaired) electrons. The molecule has 116 valence electrons. The maximum atomic E-state index is 10.3. The van der Waals surface area contributed by atoms with Crippen molar-refractivity contribution in [1.29, 1.82) is 0 Å². The van der Waals surface area contributed by atoms with Gasteiger partial charge in [0.2, 0.25) is 5.95 Å². The van der Waals surface area contributed by atoms with Gasteiger partial charge in [-0.1, -0.05) is 6.92 Å². The van der Waals surface area contributed by atoms with E-state index in [1.807, 2.05) is 24.6 Å². The van der Waals surface area contributed by atoms with Gasteiger partial charge in [-0.15, -0.1) is 11.3 Å². The fourth-order valence-electron chi connectivity index (χ4n) is 1.94. The van der Waals surface area contributed by atoms with Crippen molar-refractivity contribution in [2.24, 2.45) is 0 Å². The van der Waals surface area contributed by atoms with Crippen molar-refractivity contribution in [3.8, 4) is 0 Å². The third-order valence-corrected chi connectivity index (χ3v) is 4.67. The lowest BCUT2D eigenvalue weighted by Gasteiger charge is -2.23. The van der Waals surface area contributed by atoms with Crippen LogP contribution < -0.4 is 10.6 Å². The van der Waals surface area contributed by atoms with Crippen molar-refractivity contribution in [2.45, 2.75) is 25.9 Å². The second-order valence-corrected chi connectivity index (χ2v) is 7.01. The summed E-state index contributed by atoms with van der Waals surface area (Å²) in [5, 5.41) is 19.8. The van der Waals surface area contributed by atoms with Gasteiger partial charge in [-0.2, -0.15) is 16.7 Å². The van der Waals surface area contributed by atoms with Crippen LogP contribution in [-0.2, 0) is 0 Å². The van der Waals surface area contributed by atoms with Gasteiger partial charge < -0.3 is 15.7 Å². The highest BCUT2D eigenvalue weighted by Gasteiger charge is 2.20. The van der Waals surface area contributed by atoms with Crippen molar-refractivity contribution >= 4 is 45.1 Å². The van der Waals surface area contributed by atoms with Gasteiger partial charge in [0.05, 0.1) is 11.0 Å². The van der Waals surface area contributed by atoms with Gasteiger partial charge in [0.15, 0.2) is 0 Å². The molecule has 0 aliphatic heterocycles. The number of thiophene rings is 1. The fourth-order valence-corrected chi connectivity index (χ4v) is 3.43. The Morgan fingerprint density at radius 2 is 2.19 bits per heavy atom. The maximum absolute atomic E-state index is 10.3. The van der Waals surface area contributed by atoms with Gasteiger partial charge in [-0.25, -0.2) is 4.98 Å². The molecule has 7 heteroatoms. The van der Waals surface area contributed by atoms with E-state index in [9.17, 15) is 5.11 Å². The zero-order valence-corrected chi connectivity index (χ0v) is 14.3. The summed E-state index contributed by atoms with van der Waals surface area (Å²) >= 11 is 3.23. The van der Waals surface area contributed by atoms with Crippen LogP contribution in [0.3, 0.4) is 0 Å². The Morgan fingerprint density at radius 1 is 1.38 bits per heavy atom. The Morgan fingerprint density at radius 3 is 2.90 bits per heavy atom. The predicted octanol–water partition coefficient (Wildman–Crippen LogP) is 3.04. The molecule has 21 heavy (non-hydrogen) atoms. The lowest BCUT2D eigenvalue weighted by molar-refractivity contribution is 0.0996. The predicted molar refractivity (Wildman–Crippen MR) is 93.7 cm³/mol. The first-order valence-electron chi connectivity index (χ1n) is 7.00. The first-order chi connectivity index (χ1) is 10.1. The van der Waals surface area contributed by atoms with E-state index in [1.54, 1.807) is 23.1 Å². The first-order valence-corrected chi connectivity index (χ1v) is 9.27. The van der Waals surface area contributed by atoms with Gasteiger partial charge in [0.25, 0.3) is 0 Å². The molecule has 1 unspecified atom stereocenters. The van der Waals surface area contributed by atoms with Crippen molar-refractivity contribution in [1.82, 2.24) is 9.97 Å². The Balaban J connectivity index is 2.18. The molecule has 0 saturated heterocycles. The molecule has 0 aliphatic rings. The molecular weight excluding hydrogens is 304 g/mol. The number of fused-ring (bicyclic) bond motifs is 1. The van der Waals surface area contributed by atoms with Crippen molar-refractivity contribution < 1.29 is 5.11 Å². The van der Waals surface area contributed by atoms with Gasteiger partial charge in [0, 0.05) is 18.8 Å². The van der Waals surface area contributed by atoms with Crippen molar-refractivity contribution in [2.75, 3.05) is 35.7 Å². The molecule has 2 aromatic rings. The summed E-state index contributed by atoms with van der Waals surface area (Å²) in [4.78, 5) is 9.99. The van der Waals surface area contributed by atoms with E-state index in [1.165, 1.54) is 0 Å². The lowest BCUT2D eigenvalue weighted by Crippen LogP contribution is -2.36. The minimum absolute atomic E-state index is 0.461. The van der Waals surface area contributed by atoms with Crippen LogP contribution in [0.5, 0.6) is 0 Å². The van der Waals surface area contributed by atoms with Gasteiger partial charge >= 0.3 is 0 Å². The van der Waals surface area contributed by atoms with Crippen LogP contribution in [0.1, 0.15) is 20.3 Å². The summed E-state index contributed by atoms with van der Waals surface area (Å²) < 4.78 is 0. The fraction of sp³-hybridized carbons (Fsp3) is 0.571. The molecule has 0 bridgehead atoms. The average molecular weight is 326 g/mol. The molecule has 2 aromatic heterocycles. The topological polar surface area (TPSA) is 70.1 Å². The average Bonchev–Trinajstić information content (AvgIpc) is 2.91. The van der Waals surface area contributed by atoms with Crippen LogP contribution in [0.4, 0.5) is 11.8 Å². The third-order valence-electron chi connectivity index (χ3n) is 2.95. The van der Waals surface area contributed by atoms with Crippen molar-refractivity contribution in [3.63, 3.8) is 0 Å². The van der Waals surface area contributed by atoms with Crippen LogP contribution in [-0.4, -0.2) is 45.8 Å². The summed E-state index contributed by atoms with van der Waals surface area (Å²) in [7, 11) is 0. The standard InChI is InChI=1S/C14H22N4OS2/c1-4-6-15-13-17-11(10-5-7-21-12(10)18-13)16-8-14(2,19)9-20-3/h5,7,19H,4,6,8-9H2,1-3H3,(H2,15,16,17,18). The number of hydrogen-bond acceptors (Lipinski definition) is 7. The third kappa shape index (κ3) is 4.46. The number of nitrogens with one attached hydrogen (secondary N) is 2. The Hall–Kier alpha value is -1.05. The molecule has 0 amide bonds. The first kappa shape index (κ1) is 16.3. The molecule has 1 atom stereocenters. The van der Waals surface area contributed by atoms with E-state index in [0.717, 1.165) is 29.0 Å². The molecule has 2 heterocycles. The SMILES string of the molecule is CCCNc1nc(NCC(C)(O)CSC)c2ccsc2n1. The van der Waals surface area contributed by atoms with E-state index < -0.39 is 5.60 Å². The summed E-state index contributed by atoms with van der Waals surface area (Å²) in [5.41, 5.74) is -0.760. The molecule has 0 spiro atoms. The minimum Gasteiger partial charge on any atom is -0.387 e. The Bertz CT molecular complexity index is 585. The van der Waals surface area contributed by atoms with Gasteiger partial charge in [0.1, 0.15) is 10.6 Å². The minimum atomic E-state index is -0.760. The zero-order chi connectivity index (χ0) is 15.3. The largest absolute Gasteiger partial charge is 0.387 e. The molecule has 2 rings (SSSR count). The molecule has 0 fully saturated rings. The van der Waals surface area contributed by atoms with E-state index in [4.69, 9.17) is 0 Å². The van der Waals surface area contributed by atoms with Crippen LogP contribution in [0.25, 0.3) is 10.2 Å². The number of aliphatic hydroxyl groups is 1.